The molecule has 4 nitrogen and oxygen atoms in total. The molecule has 1 aromatic rings. The van der Waals surface area contributed by atoms with Crippen molar-refractivity contribution in [1.82, 2.24) is 14.8 Å². The molecule has 0 bridgehead atoms. The van der Waals surface area contributed by atoms with E-state index < -0.39 is 0 Å². The summed E-state index contributed by atoms with van der Waals surface area (Å²) in [7, 11) is 1.99. The van der Waals surface area contributed by atoms with E-state index in [1.54, 1.807) is 0 Å². The molecule has 1 saturated heterocycles. The van der Waals surface area contributed by atoms with E-state index >= 15 is 0 Å². The summed E-state index contributed by atoms with van der Waals surface area (Å²) in [5, 5.41) is 7.22. The molecule has 1 saturated carbocycles. The average Bonchev–Trinajstić information content (AvgIpc) is 2.73. The van der Waals surface area contributed by atoms with Gasteiger partial charge in [0.05, 0.1) is 0 Å². The monoisotopic (exact) mass is 266 g/mol. The van der Waals surface area contributed by atoms with Crippen LogP contribution >= 0.6 is 12.2 Å². The van der Waals surface area contributed by atoms with Crippen LogP contribution in [-0.2, 0) is 7.05 Å². The second kappa shape index (κ2) is 4.68. The minimum absolute atomic E-state index is 0.653. The van der Waals surface area contributed by atoms with Crippen LogP contribution in [-0.4, -0.2) is 27.9 Å². The van der Waals surface area contributed by atoms with Crippen molar-refractivity contribution in [2.24, 2.45) is 12.5 Å². The van der Waals surface area contributed by atoms with E-state index in [1.165, 1.54) is 44.9 Å². The van der Waals surface area contributed by atoms with Crippen LogP contribution in [0.3, 0.4) is 0 Å². The molecule has 0 radical (unpaired) electrons. The third-order valence-corrected chi connectivity index (χ3v) is 5.24. The number of nitrogens with zero attached hydrogens (tertiary/aromatic N) is 3. The molecular formula is C13H22N4S. The Morgan fingerprint density at radius 3 is 2.33 bits per heavy atom. The second-order valence-electron chi connectivity index (χ2n) is 5.94. The summed E-state index contributed by atoms with van der Waals surface area (Å²) in [6, 6.07) is 0. The Hall–Kier alpha value is -0.840. The summed E-state index contributed by atoms with van der Waals surface area (Å²) in [5.74, 6) is 1.01. The van der Waals surface area contributed by atoms with E-state index in [1.807, 2.05) is 11.6 Å². The lowest BCUT2D eigenvalue weighted by atomic mass is 9.68. The number of rotatable bonds is 1. The van der Waals surface area contributed by atoms with E-state index in [0.29, 0.717) is 10.2 Å². The van der Waals surface area contributed by atoms with E-state index in [0.717, 1.165) is 19.0 Å². The molecule has 0 aromatic carbocycles. The molecule has 1 aliphatic heterocycles. The number of hydrogen-bond donors (Lipinski definition) is 1. The van der Waals surface area contributed by atoms with Gasteiger partial charge >= 0.3 is 0 Å². The van der Waals surface area contributed by atoms with Crippen molar-refractivity contribution in [3.8, 4) is 0 Å². The number of H-pyrrole nitrogens is 1. The Bertz CT molecular complexity index is 460. The van der Waals surface area contributed by atoms with Crippen LogP contribution in [0.4, 0.5) is 5.95 Å². The molecular weight excluding hydrogens is 244 g/mol. The maximum absolute atomic E-state index is 5.18. The SMILES string of the molecule is Cn1c(N2CCC3(CCCCC3)CC2)n[nH]c1=S. The fourth-order valence-electron chi connectivity index (χ4n) is 3.60. The lowest BCUT2D eigenvalue weighted by Gasteiger charge is -2.44. The van der Waals surface area contributed by atoms with Crippen molar-refractivity contribution in [2.75, 3.05) is 18.0 Å². The van der Waals surface area contributed by atoms with Gasteiger partial charge in [-0.3, -0.25) is 4.57 Å². The summed E-state index contributed by atoms with van der Waals surface area (Å²) < 4.78 is 2.69. The first-order valence-corrected chi connectivity index (χ1v) is 7.47. The highest BCUT2D eigenvalue weighted by Gasteiger charge is 2.36. The molecule has 2 aliphatic rings. The zero-order valence-corrected chi connectivity index (χ0v) is 11.9. The average molecular weight is 266 g/mol. The normalized spacial score (nSPS) is 23.5. The third-order valence-electron chi connectivity index (χ3n) is 4.88. The van der Waals surface area contributed by atoms with E-state index in [2.05, 4.69) is 15.1 Å². The number of nitrogens with one attached hydrogen (secondary N) is 1. The van der Waals surface area contributed by atoms with Crippen LogP contribution in [0.15, 0.2) is 0 Å². The first-order chi connectivity index (χ1) is 8.70. The van der Waals surface area contributed by atoms with Gasteiger partial charge < -0.3 is 4.90 Å². The molecule has 2 heterocycles. The quantitative estimate of drug-likeness (QED) is 0.794. The van der Waals surface area contributed by atoms with Gasteiger partial charge in [-0.25, -0.2) is 5.10 Å². The van der Waals surface area contributed by atoms with Crippen molar-refractivity contribution < 1.29 is 0 Å². The van der Waals surface area contributed by atoms with Crippen molar-refractivity contribution in [3.63, 3.8) is 0 Å². The maximum atomic E-state index is 5.18. The Kier molecular flexibility index (Phi) is 3.18. The number of hydrogen-bond acceptors (Lipinski definition) is 3. The Morgan fingerprint density at radius 1 is 1.11 bits per heavy atom. The summed E-state index contributed by atoms with van der Waals surface area (Å²) in [6.45, 7) is 2.26. The molecule has 1 spiro atoms. The minimum Gasteiger partial charge on any atom is -0.341 e. The molecule has 0 amide bonds. The Morgan fingerprint density at radius 2 is 1.78 bits per heavy atom. The summed E-state index contributed by atoms with van der Waals surface area (Å²) in [6.07, 6.45) is 9.86. The molecule has 100 valence electrons. The van der Waals surface area contributed by atoms with Crippen LogP contribution in [0.5, 0.6) is 0 Å². The highest BCUT2D eigenvalue weighted by Crippen LogP contribution is 2.44. The summed E-state index contributed by atoms with van der Waals surface area (Å²) in [4.78, 5) is 2.38. The van der Waals surface area contributed by atoms with Gasteiger partial charge in [0.25, 0.3) is 0 Å². The lowest BCUT2D eigenvalue weighted by molar-refractivity contribution is 0.143. The number of aromatic nitrogens is 3. The van der Waals surface area contributed by atoms with E-state index in [4.69, 9.17) is 12.2 Å². The molecule has 0 unspecified atom stereocenters. The Labute approximate surface area is 113 Å². The van der Waals surface area contributed by atoms with Crippen molar-refractivity contribution in [2.45, 2.75) is 44.9 Å². The van der Waals surface area contributed by atoms with Gasteiger partial charge in [-0.2, -0.15) is 0 Å². The van der Waals surface area contributed by atoms with Crippen molar-refractivity contribution >= 4 is 18.2 Å². The fraction of sp³-hybridized carbons (Fsp3) is 0.846. The molecule has 1 aromatic heterocycles. The third kappa shape index (κ3) is 2.09. The van der Waals surface area contributed by atoms with Gasteiger partial charge in [-0.15, -0.1) is 5.10 Å². The predicted molar refractivity (Wildman–Crippen MR) is 75.4 cm³/mol. The first kappa shape index (κ1) is 12.2. The minimum atomic E-state index is 0.653. The predicted octanol–water partition coefficient (Wildman–Crippen LogP) is 3.03. The first-order valence-electron chi connectivity index (χ1n) is 7.07. The highest BCUT2D eigenvalue weighted by atomic mass is 32.1. The molecule has 2 fully saturated rings. The van der Waals surface area contributed by atoms with Crippen LogP contribution < -0.4 is 4.90 Å². The highest BCUT2D eigenvalue weighted by molar-refractivity contribution is 7.71. The topological polar surface area (TPSA) is 36.9 Å². The summed E-state index contributed by atoms with van der Waals surface area (Å²) >= 11 is 5.18. The van der Waals surface area contributed by atoms with E-state index in [9.17, 15) is 0 Å². The molecule has 3 rings (SSSR count). The molecule has 1 aliphatic carbocycles. The van der Waals surface area contributed by atoms with E-state index in [-0.39, 0.29) is 0 Å². The number of piperidine rings is 1. The largest absolute Gasteiger partial charge is 0.341 e. The smallest absolute Gasteiger partial charge is 0.225 e. The van der Waals surface area contributed by atoms with Gasteiger partial charge in [0, 0.05) is 20.1 Å². The van der Waals surface area contributed by atoms with Crippen molar-refractivity contribution in [3.05, 3.63) is 4.77 Å². The maximum Gasteiger partial charge on any atom is 0.225 e. The summed E-state index contributed by atoms with van der Waals surface area (Å²) in [5.41, 5.74) is 0.653. The standard InChI is InChI=1S/C13H22N4S/c1-16-11(14-15-12(16)18)17-9-7-13(8-10-17)5-3-2-4-6-13/h2-10H2,1H3,(H,15,18). The van der Waals surface area contributed by atoms with Crippen LogP contribution in [0.1, 0.15) is 44.9 Å². The lowest BCUT2D eigenvalue weighted by Crippen LogP contribution is -2.42. The van der Waals surface area contributed by atoms with Gasteiger partial charge in [-0.1, -0.05) is 19.3 Å². The zero-order valence-electron chi connectivity index (χ0n) is 11.1. The molecule has 18 heavy (non-hydrogen) atoms. The number of aromatic amines is 1. The second-order valence-corrected chi connectivity index (χ2v) is 6.32. The van der Waals surface area contributed by atoms with Gasteiger partial charge in [-0.05, 0) is 43.3 Å². The van der Waals surface area contributed by atoms with Gasteiger partial charge in [0.15, 0.2) is 4.77 Å². The van der Waals surface area contributed by atoms with Crippen LogP contribution in [0, 0.1) is 10.2 Å². The fourth-order valence-corrected chi connectivity index (χ4v) is 3.73. The van der Waals surface area contributed by atoms with Gasteiger partial charge in [0.2, 0.25) is 5.95 Å². The molecule has 5 heteroatoms. The van der Waals surface area contributed by atoms with Crippen molar-refractivity contribution in [1.29, 1.82) is 0 Å². The zero-order chi connectivity index (χ0) is 12.6. The van der Waals surface area contributed by atoms with Crippen LogP contribution in [0.25, 0.3) is 0 Å². The van der Waals surface area contributed by atoms with Gasteiger partial charge in [0.1, 0.15) is 0 Å². The molecule has 1 N–H and O–H groups in total. The number of anilines is 1. The molecule has 0 atom stereocenters. The Balaban J connectivity index is 1.70. The van der Waals surface area contributed by atoms with Crippen LogP contribution in [0.2, 0.25) is 0 Å².